The zero-order chi connectivity index (χ0) is 22.8. The van der Waals surface area contributed by atoms with Crippen LogP contribution >= 0.6 is 18.8 Å². The minimum Gasteiger partial charge on any atom is -0.508 e. The third kappa shape index (κ3) is 5.01. The van der Waals surface area contributed by atoms with Gasteiger partial charge in [-0.2, -0.15) is 0 Å². The molecule has 0 spiro atoms. The molecule has 1 unspecified atom stereocenters. The number of thiophene rings is 1. The van der Waals surface area contributed by atoms with Crippen LogP contribution in [0.4, 0.5) is 5.69 Å². The Morgan fingerprint density at radius 3 is 2.23 bits per heavy atom. The summed E-state index contributed by atoms with van der Waals surface area (Å²) in [5.74, 6) is 0.245. The quantitative estimate of drug-likeness (QED) is 0.428. The number of phenols is 1. The first-order chi connectivity index (χ1) is 14.6. The molecular weight excluding hydrogens is 427 g/mol. The van der Waals surface area contributed by atoms with E-state index in [2.05, 4.69) is 22.4 Å². The molecule has 0 aliphatic heterocycles. The average Bonchev–Trinajstić information content (AvgIpc) is 3.19. The van der Waals surface area contributed by atoms with Crippen molar-refractivity contribution in [1.82, 2.24) is 14.3 Å². The van der Waals surface area contributed by atoms with Gasteiger partial charge in [0.1, 0.15) is 5.75 Å². The topological polar surface area (TPSA) is 68.7 Å². The van der Waals surface area contributed by atoms with Gasteiger partial charge >= 0.3 is 0 Å². The van der Waals surface area contributed by atoms with Crippen LogP contribution in [0.5, 0.6) is 5.75 Å². The van der Waals surface area contributed by atoms with Crippen LogP contribution in [-0.4, -0.2) is 54.2 Å². The van der Waals surface area contributed by atoms with Gasteiger partial charge in [-0.05, 0) is 96.1 Å². The molecule has 0 saturated carbocycles. The Balaban J connectivity index is 1.98. The highest BCUT2D eigenvalue weighted by molar-refractivity contribution is 7.59. The molecule has 166 valence electrons. The first-order valence-corrected chi connectivity index (χ1v) is 12.6. The van der Waals surface area contributed by atoms with Gasteiger partial charge in [0.25, 0.3) is 0 Å². The molecule has 0 saturated heterocycles. The number of anilines is 1. The number of aromatic hydroxyl groups is 1. The van der Waals surface area contributed by atoms with Crippen LogP contribution in [0, 0.1) is 13.8 Å². The molecule has 0 aliphatic rings. The van der Waals surface area contributed by atoms with Crippen molar-refractivity contribution in [3.05, 3.63) is 64.8 Å². The number of nitrogens with zero attached hydrogens (tertiary/aromatic N) is 3. The predicted molar refractivity (Wildman–Crippen MR) is 131 cm³/mol. The third-order valence-electron chi connectivity index (χ3n) is 5.37. The maximum Gasteiger partial charge on any atom is 0.225 e. The number of pyridine rings is 1. The van der Waals surface area contributed by atoms with Crippen molar-refractivity contribution in [1.29, 1.82) is 0 Å². The minimum atomic E-state index is -2.89. The second kappa shape index (κ2) is 9.53. The summed E-state index contributed by atoms with van der Waals surface area (Å²) < 4.78 is 17.9. The Morgan fingerprint density at radius 2 is 1.65 bits per heavy atom. The number of aromatic nitrogens is 1. The molecule has 0 radical (unpaired) electrons. The van der Waals surface area contributed by atoms with Gasteiger partial charge in [0.15, 0.2) is 0 Å². The number of nitrogens with one attached hydrogen (secondary N) is 1. The number of hydrogen-bond acceptors (Lipinski definition) is 5. The van der Waals surface area contributed by atoms with Crippen molar-refractivity contribution in [2.75, 3.05) is 40.1 Å². The summed E-state index contributed by atoms with van der Waals surface area (Å²) in [4.78, 5) is 6.67. The largest absolute Gasteiger partial charge is 0.508 e. The normalized spacial score (nSPS) is 13.0. The van der Waals surface area contributed by atoms with Gasteiger partial charge in [0.2, 0.25) is 7.44 Å². The van der Waals surface area contributed by atoms with Crippen molar-refractivity contribution in [2.45, 2.75) is 19.5 Å². The second-order valence-corrected chi connectivity index (χ2v) is 12.5. The van der Waals surface area contributed by atoms with E-state index in [1.807, 2.05) is 75.6 Å². The number of hydrogen-bond donors (Lipinski definition) is 2. The average molecular weight is 459 g/mol. The molecule has 6 nitrogen and oxygen atoms in total. The lowest BCUT2D eigenvalue weighted by Crippen LogP contribution is -2.28. The summed E-state index contributed by atoms with van der Waals surface area (Å²) in [5, 5.41) is 13.1. The summed E-state index contributed by atoms with van der Waals surface area (Å²) >= 11 is 1.64. The van der Waals surface area contributed by atoms with E-state index in [0.717, 1.165) is 32.4 Å². The predicted octanol–water partition coefficient (Wildman–Crippen LogP) is 5.60. The zero-order valence-electron chi connectivity index (χ0n) is 19.0. The van der Waals surface area contributed by atoms with E-state index >= 15 is 0 Å². The molecule has 3 rings (SSSR count). The van der Waals surface area contributed by atoms with Crippen LogP contribution in [0.1, 0.15) is 21.9 Å². The standard InChI is InChI=1S/C23H31N4O2PS/c1-16-7-12-20(17(2)25-16)24-15-21(30(29,26(3)4)27(5)6)23-14-13-22(31-23)18-8-10-19(28)11-9-18/h7-14,21,24,28H,15H2,1-6H3. The lowest BCUT2D eigenvalue weighted by atomic mass is 10.2. The monoisotopic (exact) mass is 458 g/mol. The zero-order valence-corrected chi connectivity index (χ0v) is 20.7. The molecular formula is C23H31N4O2PS. The number of rotatable bonds is 8. The smallest absolute Gasteiger partial charge is 0.225 e. The molecule has 2 heterocycles. The number of benzene rings is 1. The molecule has 2 N–H and O–H groups in total. The highest BCUT2D eigenvalue weighted by Crippen LogP contribution is 2.63. The maximum atomic E-state index is 14.2. The number of phenolic OH excluding ortho intramolecular Hbond substituents is 1. The molecule has 0 bridgehead atoms. The molecule has 31 heavy (non-hydrogen) atoms. The summed E-state index contributed by atoms with van der Waals surface area (Å²) in [5.41, 5.74) is 3.66. The van der Waals surface area contributed by atoms with E-state index < -0.39 is 7.44 Å². The Hall–Kier alpha value is -2.18. The Morgan fingerprint density at radius 1 is 1.00 bits per heavy atom. The van der Waals surface area contributed by atoms with Crippen molar-refractivity contribution >= 4 is 24.5 Å². The van der Waals surface area contributed by atoms with Gasteiger partial charge in [-0.15, -0.1) is 11.3 Å². The Kier molecular flexibility index (Phi) is 7.22. The Labute approximate surface area is 189 Å². The molecule has 2 aromatic heterocycles. The van der Waals surface area contributed by atoms with Gasteiger partial charge < -0.3 is 10.4 Å². The molecule has 1 atom stereocenters. The van der Waals surface area contributed by atoms with Crippen molar-refractivity contribution in [3.63, 3.8) is 0 Å². The van der Waals surface area contributed by atoms with E-state index in [4.69, 9.17) is 0 Å². The van der Waals surface area contributed by atoms with Crippen molar-refractivity contribution < 1.29 is 9.67 Å². The fourth-order valence-corrected chi connectivity index (χ4v) is 7.84. The van der Waals surface area contributed by atoms with Gasteiger partial charge in [-0.25, -0.2) is 9.34 Å². The maximum absolute atomic E-state index is 14.2. The molecule has 0 amide bonds. The lowest BCUT2D eigenvalue weighted by molar-refractivity contribution is 0.436. The van der Waals surface area contributed by atoms with E-state index in [1.165, 1.54) is 0 Å². The summed E-state index contributed by atoms with van der Waals surface area (Å²) in [6, 6.07) is 15.3. The molecule has 0 fully saturated rings. The van der Waals surface area contributed by atoms with Crippen LogP contribution in [-0.2, 0) is 4.57 Å². The highest BCUT2D eigenvalue weighted by atomic mass is 32.1. The van der Waals surface area contributed by atoms with Crippen LogP contribution in [0.2, 0.25) is 0 Å². The van der Waals surface area contributed by atoms with E-state index in [9.17, 15) is 9.67 Å². The lowest BCUT2D eigenvalue weighted by Gasteiger charge is -2.37. The van der Waals surface area contributed by atoms with Crippen LogP contribution in [0.3, 0.4) is 0 Å². The Bertz CT molecular complexity index is 1070. The van der Waals surface area contributed by atoms with Gasteiger partial charge in [-0.1, -0.05) is 0 Å². The summed E-state index contributed by atoms with van der Waals surface area (Å²) in [7, 11) is 4.61. The fraction of sp³-hybridized carbons (Fsp3) is 0.348. The van der Waals surface area contributed by atoms with Crippen molar-refractivity contribution in [2.24, 2.45) is 0 Å². The second-order valence-electron chi connectivity index (χ2n) is 8.01. The summed E-state index contributed by atoms with van der Waals surface area (Å²) in [6.45, 7) is 4.48. The van der Waals surface area contributed by atoms with Gasteiger partial charge in [-0.3, -0.25) is 9.55 Å². The van der Waals surface area contributed by atoms with E-state index in [0.29, 0.717) is 6.54 Å². The first-order valence-electron chi connectivity index (χ1n) is 10.2. The first kappa shape index (κ1) is 23.5. The molecule has 3 aromatic rings. The van der Waals surface area contributed by atoms with Crippen LogP contribution in [0.15, 0.2) is 48.5 Å². The molecule has 8 heteroatoms. The van der Waals surface area contributed by atoms with Crippen LogP contribution < -0.4 is 5.32 Å². The van der Waals surface area contributed by atoms with Crippen molar-refractivity contribution in [3.8, 4) is 16.2 Å². The van der Waals surface area contributed by atoms with Crippen LogP contribution in [0.25, 0.3) is 10.4 Å². The SMILES string of the molecule is Cc1ccc(NCC(c2ccc(-c3ccc(O)cc3)s2)P(=O)(N(C)C)N(C)C)c(C)n1. The third-order valence-corrected chi connectivity index (χ3v) is 10.4. The van der Waals surface area contributed by atoms with Gasteiger partial charge in [0.05, 0.1) is 17.0 Å². The summed E-state index contributed by atoms with van der Waals surface area (Å²) in [6.07, 6.45) is 0. The molecule has 1 aromatic carbocycles. The number of aryl methyl sites for hydroxylation is 2. The van der Waals surface area contributed by atoms with E-state index in [-0.39, 0.29) is 11.4 Å². The molecule has 0 aliphatic carbocycles. The highest BCUT2D eigenvalue weighted by Gasteiger charge is 2.39. The fourth-order valence-electron chi connectivity index (χ4n) is 3.69. The minimum absolute atomic E-state index is 0.228. The van der Waals surface area contributed by atoms with E-state index in [1.54, 1.807) is 23.5 Å². The van der Waals surface area contributed by atoms with Gasteiger partial charge in [0, 0.05) is 22.0 Å².